The van der Waals surface area contributed by atoms with Crippen LogP contribution in [0.2, 0.25) is 0 Å². The van der Waals surface area contributed by atoms with Crippen molar-refractivity contribution in [1.29, 1.82) is 5.41 Å². The molecular weight excluding hydrogens is 248 g/mol. The van der Waals surface area contributed by atoms with Gasteiger partial charge in [-0.05, 0) is 43.6 Å². The number of nitrogens with one attached hydrogen (secondary N) is 1. The second kappa shape index (κ2) is 5.25. The predicted octanol–water partition coefficient (Wildman–Crippen LogP) is 2.50. The van der Waals surface area contributed by atoms with Crippen LogP contribution in [0.3, 0.4) is 0 Å². The largest absolute Gasteiger partial charge is 0.387 e. The summed E-state index contributed by atoms with van der Waals surface area (Å²) in [6.45, 7) is 4.24. The minimum absolute atomic E-state index is 0.218. The van der Waals surface area contributed by atoms with Crippen LogP contribution < -0.4 is 5.73 Å². The van der Waals surface area contributed by atoms with E-state index >= 15 is 0 Å². The van der Waals surface area contributed by atoms with E-state index in [4.69, 9.17) is 11.1 Å². The number of benzene rings is 1. The van der Waals surface area contributed by atoms with Crippen LogP contribution in [0, 0.1) is 22.5 Å². The molecule has 0 aromatic heterocycles. The lowest BCUT2D eigenvalue weighted by atomic mass is 9.79. The van der Waals surface area contributed by atoms with E-state index in [1.807, 2.05) is 6.92 Å². The first kappa shape index (κ1) is 13.9. The molecule has 0 spiro atoms. The van der Waals surface area contributed by atoms with Gasteiger partial charge in [0.05, 0.1) is 5.84 Å². The van der Waals surface area contributed by atoms with Crippen LogP contribution in [-0.2, 0) is 6.54 Å². The number of piperidine rings is 1. The van der Waals surface area contributed by atoms with Gasteiger partial charge in [-0.1, -0.05) is 13.0 Å². The maximum atomic E-state index is 13.1. The summed E-state index contributed by atoms with van der Waals surface area (Å²) in [5.74, 6) is -1.38. The Hall–Kier alpha value is -1.49. The van der Waals surface area contributed by atoms with Crippen LogP contribution >= 0.6 is 0 Å². The molecule has 0 saturated carbocycles. The van der Waals surface area contributed by atoms with Crippen molar-refractivity contribution in [3.05, 3.63) is 35.4 Å². The van der Waals surface area contributed by atoms with Crippen molar-refractivity contribution in [2.24, 2.45) is 11.1 Å². The Morgan fingerprint density at radius 2 is 1.95 bits per heavy atom. The standard InChI is InChI=1S/C14H19F2N3/c1-14(13(17)18)4-6-19(7-5-14)9-10-2-3-11(15)12(16)8-10/h2-3,8H,4-7,9H2,1H3,(H3,17,18). The minimum Gasteiger partial charge on any atom is -0.387 e. The SMILES string of the molecule is CC1(C(=N)N)CCN(Cc2ccc(F)c(F)c2)CC1. The first-order valence-electron chi connectivity index (χ1n) is 6.41. The van der Waals surface area contributed by atoms with E-state index in [1.165, 1.54) is 6.07 Å². The fourth-order valence-corrected chi connectivity index (χ4v) is 2.37. The molecule has 104 valence electrons. The highest BCUT2D eigenvalue weighted by molar-refractivity contribution is 5.83. The van der Waals surface area contributed by atoms with E-state index in [0.29, 0.717) is 6.54 Å². The number of halogens is 2. The smallest absolute Gasteiger partial charge is 0.159 e. The van der Waals surface area contributed by atoms with Crippen LogP contribution in [-0.4, -0.2) is 23.8 Å². The number of hydrogen-bond acceptors (Lipinski definition) is 2. The van der Waals surface area contributed by atoms with Gasteiger partial charge in [-0.3, -0.25) is 10.3 Å². The summed E-state index contributed by atoms with van der Waals surface area (Å²) in [4.78, 5) is 2.18. The highest BCUT2D eigenvalue weighted by Crippen LogP contribution is 2.31. The van der Waals surface area contributed by atoms with Crippen molar-refractivity contribution < 1.29 is 8.78 Å². The third kappa shape index (κ3) is 3.10. The van der Waals surface area contributed by atoms with E-state index in [9.17, 15) is 8.78 Å². The summed E-state index contributed by atoms with van der Waals surface area (Å²) < 4.78 is 26.0. The molecule has 3 N–H and O–H groups in total. The summed E-state index contributed by atoms with van der Waals surface area (Å²) in [6.07, 6.45) is 1.65. The molecule has 5 heteroatoms. The van der Waals surface area contributed by atoms with Gasteiger partial charge in [0.15, 0.2) is 11.6 Å². The Labute approximate surface area is 111 Å². The first-order valence-corrected chi connectivity index (χ1v) is 6.41. The van der Waals surface area contributed by atoms with Crippen molar-refractivity contribution in [2.75, 3.05) is 13.1 Å². The first-order chi connectivity index (χ1) is 8.90. The number of rotatable bonds is 3. The number of nitrogens with two attached hydrogens (primary N) is 1. The van der Waals surface area contributed by atoms with Crippen molar-refractivity contribution in [1.82, 2.24) is 4.90 Å². The monoisotopic (exact) mass is 267 g/mol. The number of nitrogens with zero attached hydrogens (tertiary/aromatic N) is 1. The molecule has 1 aliphatic heterocycles. The van der Waals surface area contributed by atoms with E-state index < -0.39 is 11.6 Å². The number of amidine groups is 1. The predicted molar refractivity (Wildman–Crippen MR) is 70.9 cm³/mol. The molecule has 1 aromatic rings. The van der Waals surface area contributed by atoms with Gasteiger partial charge >= 0.3 is 0 Å². The van der Waals surface area contributed by atoms with Crippen LogP contribution in [0.4, 0.5) is 8.78 Å². The molecule has 1 saturated heterocycles. The molecule has 1 heterocycles. The molecule has 0 atom stereocenters. The maximum Gasteiger partial charge on any atom is 0.159 e. The zero-order valence-electron chi connectivity index (χ0n) is 11.0. The second-order valence-corrected chi connectivity index (χ2v) is 5.50. The zero-order valence-corrected chi connectivity index (χ0v) is 11.0. The fraction of sp³-hybridized carbons (Fsp3) is 0.500. The molecule has 1 aromatic carbocycles. The topological polar surface area (TPSA) is 53.1 Å². The minimum atomic E-state index is -0.813. The van der Waals surface area contributed by atoms with Gasteiger partial charge < -0.3 is 5.73 Å². The van der Waals surface area contributed by atoms with E-state index in [1.54, 1.807) is 6.07 Å². The molecular formula is C14H19F2N3. The Kier molecular flexibility index (Phi) is 3.85. The molecule has 0 amide bonds. The molecule has 0 aliphatic carbocycles. The summed E-state index contributed by atoms with van der Waals surface area (Å²) in [7, 11) is 0. The van der Waals surface area contributed by atoms with Gasteiger partial charge in [-0.2, -0.15) is 0 Å². The number of likely N-dealkylation sites (tertiary alicyclic amines) is 1. The number of hydrogen-bond donors (Lipinski definition) is 2. The van der Waals surface area contributed by atoms with Crippen molar-refractivity contribution in [3.63, 3.8) is 0 Å². The average molecular weight is 267 g/mol. The normalized spacial score (nSPS) is 19.3. The highest BCUT2D eigenvalue weighted by Gasteiger charge is 2.32. The molecule has 0 bridgehead atoms. The average Bonchev–Trinajstić information content (AvgIpc) is 2.37. The molecule has 0 unspecified atom stereocenters. The Balaban J connectivity index is 1.95. The van der Waals surface area contributed by atoms with Crippen molar-refractivity contribution >= 4 is 5.84 Å². The maximum absolute atomic E-state index is 13.1. The highest BCUT2D eigenvalue weighted by atomic mass is 19.2. The third-order valence-electron chi connectivity index (χ3n) is 4.00. The van der Waals surface area contributed by atoms with Crippen LogP contribution in [0.25, 0.3) is 0 Å². The molecule has 2 rings (SSSR count). The van der Waals surface area contributed by atoms with Gasteiger partial charge in [0.2, 0.25) is 0 Å². The Bertz CT molecular complexity index is 480. The van der Waals surface area contributed by atoms with E-state index in [2.05, 4.69) is 4.90 Å². The molecule has 3 nitrogen and oxygen atoms in total. The summed E-state index contributed by atoms with van der Waals surface area (Å²) >= 11 is 0. The van der Waals surface area contributed by atoms with Gasteiger partial charge in [0.25, 0.3) is 0 Å². The van der Waals surface area contributed by atoms with Crippen molar-refractivity contribution in [3.8, 4) is 0 Å². The Morgan fingerprint density at radius 3 is 2.47 bits per heavy atom. The van der Waals surface area contributed by atoms with Gasteiger partial charge in [-0.25, -0.2) is 8.78 Å². The summed E-state index contributed by atoms with van der Waals surface area (Å²) in [5.41, 5.74) is 6.16. The molecule has 1 aliphatic rings. The summed E-state index contributed by atoms with van der Waals surface area (Å²) in [6, 6.07) is 4.01. The lowest BCUT2D eigenvalue weighted by molar-refractivity contribution is 0.156. The zero-order chi connectivity index (χ0) is 14.0. The third-order valence-corrected chi connectivity index (χ3v) is 4.00. The van der Waals surface area contributed by atoms with E-state index in [-0.39, 0.29) is 11.3 Å². The van der Waals surface area contributed by atoms with Crippen molar-refractivity contribution in [2.45, 2.75) is 26.3 Å². The summed E-state index contributed by atoms with van der Waals surface area (Å²) in [5, 5.41) is 7.59. The van der Waals surface area contributed by atoms with Gasteiger partial charge in [0, 0.05) is 12.0 Å². The van der Waals surface area contributed by atoms with Crippen LogP contribution in [0.15, 0.2) is 18.2 Å². The van der Waals surface area contributed by atoms with E-state index in [0.717, 1.165) is 37.6 Å². The van der Waals surface area contributed by atoms with Gasteiger partial charge in [-0.15, -0.1) is 0 Å². The Morgan fingerprint density at radius 1 is 1.32 bits per heavy atom. The lowest BCUT2D eigenvalue weighted by Crippen LogP contribution is -2.44. The second-order valence-electron chi connectivity index (χ2n) is 5.50. The molecule has 0 radical (unpaired) electrons. The van der Waals surface area contributed by atoms with Crippen LogP contribution in [0.1, 0.15) is 25.3 Å². The lowest BCUT2D eigenvalue weighted by Gasteiger charge is -2.38. The molecule has 19 heavy (non-hydrogen) atoms. The fourth-order valence-electron chi connectivity index (χ4n) is 2.37. The van der Waals surface area contributed by atoms with Crippen LogP contribution in [0.5, 0.6) is 0 Å². The molecule has 1 fully saturated rings. The quantitative estimate of drug-likeness (QED) is 0.653. The van der Waals surface area contributed by atoms with Gasteiger partial charge in [0.1, 0.15) is 0 Å².